The molecule has 35 heavy (non-hydrogen) atoms. The van der Waals surface area contributed by atoms with Crippen molar-refractivity contribution in [2.45, 2.75) is 25.6 Å². The molecule has 2 N–H and O–H groups in total. The zero-order valence-corrected chi connectivity index (χ0v) is 24.6. The molecule has 1 aliphatic rings. The third kappa shape index (κ3) is 4.67. The first-order valence-corrected chi connectivity index (χ1v) is 14.2. The fourth-order valence-electron chi connectivity index (χ4n) is 4.73. The van der Waals surface area contributed by atoms with E-state index >= 15 is 0 Å². The zero-order chi connectivity index (χ0) is 24.5. The molecule has 0 radical (unpaired) electrons. The van der Waals surface area contributed by atoms with Crippen molar-refractivity contribution in [2.75, 3.05) is 12.3 Å². The van der Waals surface area contributed by atoms with Crippen LogP contribution in [0.15, 0.2) is 77.6 Å². The summed E-state index contributed by atoms with van der Waals surface area (Å²) < 4.78 is 31.1. The number of nitrogens with two attached hydrogens (primary N) is 1. The standard InChI is InChI=1S/C27H23F2N4O.Hg/c28-24-20(11-12-22(30)25(24)29)15-32-14-13-23-21(16-32)27(34)33(17-31-23)26(18-7-3-1-4-8-18)19-9-5-2-6-10-19;/h1-12,26H,13-16,30H2;. The molecule has 0 bridgehead atoms. The van der Waals surface area contributed by atoms with E-state index in [9.17, 15) is 13.6 Å². The Morgan fingerprint density at radius 3 is 2.20 bits per heavy atom. The number of halogens is 2. The molecule has 0 saturated carbocycles. The van der Waals surface area contributed by atoms with Crippen LogP contribution in [0.1, 0.15) is 34.0 Å². The molecule has 8 heteroatoms. The molecule has 0 fully saturated rings. The van der Waals surface area contributed by atoms with Gasteiger partial charge in [-0.1, -0.05) is 0 Å². The predicted octanol–water partition coefficient (Wildman–Crippen LogP) is 3.47. The summed E-state index contributed by atoms with van der Waals surface area (Å²) in [5.74, 6) is -1.96. The van der Waals surface area contributed by atoms with Crippen LogP contribution in [0.5, 0.6) is 0 Å². The third-order valence-corrected chi connectivity index (χ3v) is 8.43. The molecule has 5 nitrogen and oxygen atoms in total. The molecule has 4 aromatic rings. The number of anilines is 1. The summed E-state index contributed by atoms with van der Waals surface area (Å²) in [6.45, 7) is 1.13. The van der Waals surface area contributed by atoms with E-state index < -0.39 is 11.6 Å². The Hall–Kier alpha value is -2.90. The van der Waals surface area contributed by atoms with Crippen LogP contribution in [0.3, 0.4) is 0 Å². The number of hydrogen-bond acceptors (Lipinski definition) is 4. The molecule has 0 atom stereocenters. The molecular weight excluding hydrogens is 635 g/mol. The van der Waals surface area contributed by atoms with Crippen LogP contribution >= 0.6 is 0 Å². The summed E-state index contributed by atoms with van der Waals surface area (Å²) in [6.07, 6.45) is 0.593. The van der Waals surface area contributed by atoms with Crippen LogP contribution in [0.2, 0.25) is 0 Å². The summed E-state index contributed by atoms with van der Waals surface area (Å²) >= 11 is 0.109. The number of benzene rings is 3. The van der Waals surface area contributed by atoms with Gasteiger partial charge in [-0.3, -0.25) is 0 Å². The van der Waals surface area contributed by atoms with Gasteiger partial charge in [0.15, 0.2) is 0 Å². The average Bonchev–Trinajstić information content (AvgIpc) is 2.88. The van der Waals surface area contributed by atoms with Crippen LogP contribution in [0.4, 0.5) is 14.5 Å². The SMILES string of the molecule is Nc1ccc(CN2CCc3n[c]([Hg])n(C(c4ccccc4)c4ccccc4)c(=O)c3C2)c(F)c1F. The van der Waals surface area contributed by atoms with Crippen molar-refractivity contribution in [1.82, 2.24) is 14.5 Å². The minimum absolute atomic E-state index is 0.0636. The monoisotopic (exact) mass is 659 g/mol. The van der Waals surface area contributed by atoms with Crippen LogP contribution in [0, 0.1) is 11.6 Å². The Balaban J connectivity index is 1.55. The van der Waals surface area contributed by atoms with Gasteiger partial charge in [0.05, 0.1) is 0 Å². The molecule has 2 heterocycles. The molecule has 0 amide bonds. The Labute approximate surface area is 218 Å². The van der Waals surface area contributed by atoms with Gasteiger partial charge in [0, 0.05) is 0 Å². The number of hydrogen-bond donors (Lipinski definition) is 1. The number of nitrogens with zero attached hydrogens (tertiary/aromatic N) is 3. The Morgan fingerprint density at radius 1 is 0.943 bits per heavy atom. The molecule has 3 aromatic carbocycles. The number of nitrogen functional groups attached to an aromatic ring is 1. The molecule has 173 valence electrons. The molecule has 1 aromatic heterocycles. The van der Waals surface area contributed by atoms with Crippen LogP contribution in [0.25, 0.3) is 0 Å². The quantitative estimate of drug-likeness (QED) is 0.264. The van der Waals surface area contributed by atoms with E-state index in [0.29, 0.717) is 25.1 Å². The van der Waals surface area contributed by atoms with Crippen molar-refractivity contribution in [3.8, 4) is 0 Å². The molecule has 0 saturated heterocycles. The summed E-state index contributed by atoms with van der Waals surface area (Å²) in [4.78, 5) is 20.8. The van der Waals surface area contributed by atoms with Gasteiger partial charge >= 0.3 is 219 Å². The van der Waals surface area contributed by atoms with E-state index in [0.717, 1.165) is 20.2 Å². The van der Waals surface area contributed by atoms with Crippen molar-refractivity contribution in [3.63, 3.8) is 0 Å². The molecule has 0 aliphatic carbocycles. The van der Waals surface area contributed by atoms with Crippen molar-refractivity contribution >= 4 is 9.02 Å². The van der Waals surface area contributed by atoms with Gasteiger partial charge in [0.2, 0.25) is 0 Å². The van der Waals surface area contributed by atoms with E-state index in [-0.39, 0.29) is 55.5 Å². The second-order valence-electron chi connectivity index (χ2n) is 8.75. The first-order valence-electron chi connectivity index (χ1n) is 11.4. The van der Waals surface area contributed by atoms with E-state index in [1.807, 2.05) is 70.1 Å². The van der Waals surface area contributed by atoms with Gasteiger partial charge in [-0.2, -0.15) is 0 Å². The Kier molecular flexibility index (Phi) is 6.80. The minimum atomic E-state index is -1.03. The summed E-state index contributed by atoms with van der Waals surface area (Å²) in [5.41, 5.74) is 8.90. The molecule has 0 unspecified atom stereocenters. The van der Waals surface area contributed by atoms with Gasteiger partial charge in [-0.15, -0.1) is 0 Å². The maximum atomic E-state index is 14.4. The average molecular weight is 658 g/mol. The Morgan fingerprint density at radius 2 is 1.57 bits per heavy atom. The second kappa shape index (κ2) is 9.99. The van der Waals surface area contributed by atoms with Crippen LogP contribution in [-0.4, -0.2) is 21.0 Å². The summed E-state index contributed by atoms with van der Waals surface area (Å²) in [6, 6.07) is 22.5. The van der Waals surface area contributed by atoms with Crippen molar-refractivity contribution in [2.24, 2.45) is 0 Å². The third-order valence-electron chi connectivity index (χ3n) is 6.49. The maximum absolute atomic E-state index is 14.4. The first-order chi connectivity index (χ1) is 16.9. The number of fused-ring (bicyclic) bond motifs is 1. The normalized spacial score (nSPS) is 13.7. The topological polar surface area (TPSA) is 64.2 Å². The van der Waals surface area contributed by atoms with Crippen molar-refractivity contribution in [1.29, 1.82) is 0 Å². The second-order valence-corrected chi connectivity index (χ2v) is 11.2. The van der Waals surface area contributed by atoms with E-state index in [4.69, 9.17) is 10.7 Å². The fourth-order valence-corrected chi connectivity index (χ4v) is 6.74. The molecular formula is C27H23F2HgN4O. The first kappa shape index (κ1) is 23.8. The number of aromatic nitrogens is 2. The molecule has 1 aliphatic heterocycles. The van der Waals surface area contributed by atoms with Gasteiger partial charge in [-0.05, 0) is 0 Å². The Bertz CT molecular complexity index is 1390. The fraction of sp³-hybridized carbons (Fsp3) is 0.185. The predicted molar refractivity (Wildman–Crippen MR) is 127 cm³/mol. The van der Waals surface area contributed by atoms with E-state index in [1.165, 1.54) is 12.1 Å². The van der Waals surface area contributed by atoms with Gasteiger partial charge in [0.25, 0.3) is 0 Å². The van der Waals surface area contributed by atoms with Crippen molar-refractivity contribution < 1.29 is 34.9 Å². The zero-order valence-electron chi connectivity index (χ0n) is 19.1. The van der Waals surface area contributed by atoms with E-state index in [1.54, 1.807) is 0 Å². The van der Waals surface area contributed by atoms with Crippen LogP contribution < -0.4 is 14.6 Å². The van der Waals surface area contributed by atoms with E-state index in [2.05, 4.69) is 0 Å². The van der Waals surface area contributed by atoms with Gasteiger partial charge in [-0.25, -0.2) is 0 Å². The number of rotatable bonds is 5. The molecule has 5 rings (SSSR count). The summed E-state index contributed by atoms with van der Waals surface area (Å²) in [7, 11) is 0. The van der Waals surface area contributed by atoms with Gasteiger partial charge in [0.1, 0.15) is 0 Å². The van der Waals surface area contributed by atoms with Crippen LogP contribution in [-0.2, 0) is 45.6 Å². The van der Waals surface area contributed by atoms with Gasteiger partial charge < -0.3 is 0 Å². The van der Waals surface area contributed by atoms with Crippen molar-refractivity contribution in [3.05, 3.63) is 123 Å². The molecule has 0 spiro atoms. The summed E-state index contributed by atoms with van der Waals surface area (Å²) in [5, 5.41) is 0.